The van der Waals surface area contributed by atoms with Crippen LogP contribution in [0.3, 0.4) is 0 Å². The summed E-state index contributed by atoms with van der Waals surface area (Å²) < 4.78 is 26.8. The van der Waals surface area contributed by atoms with Crippen molar-refractivity contribution in [2.75, 3.05) is 6.54 Å². The van der Waals surface area contributed by atoms with Gasteiger partial charge in [-0.3, -0.25) is 0 Å². The monoisotopic (exact) mass is 304 g/mol. The molecule has 2 aromatic carbocycles. The zero-order valence-corrected chi connectivity index (χ0v) is 12.8. The molecule has 0 aliphatic rings. The minimum Gasteiger partial charge on any atom is -0.323 e. The van der Waals surface area contributed by atoms with Crippen molar-refractivity contribution >= 4 is 10.0 Å². The van der Waals surface area contributed by atoms with Crippen molar-refractivity contribution in [3.63, 3.8) is 0 Å². The van der Waals surface area contributed by atoms with Gasteiger partial charge in [-0.2, -0.15) is 0 Å². The van der Waals surface area contributed by atoms with E-state index in [9.17, 15) is 8.42 Å². The first-order valence-electron chi connectivity index (χ1n) is 6.80. The first-order valence-corrected chi connectivity index (χ1v) is 8.45. The summed E-state index contributed by atoms with van der Waals surface area (Å²) in [5.74, 6) is -0.0266. The fraction of sp³-hybridized carbons (Fsp3) is 0.250. The molecule has 0 bridgehead atoms. The first-order chi connectivity index (χ1) is 9.98. The van der Waals surface area contributed by atoms with Crippen molar-refractivity contribution in [3.05, 3.63) is 71.3 Å². The Bertz CT molecular complexity index is 684. The molecule has 0 aromatic heterocycles. The van der Waals surface area contributed by atoms with Gasteiger partial charge in [-0.1, -0.05) is 54.6 Å². The van der Waals surface area contributed by atoms with Gasteiger partial charge in [-0.25, -0.2) is 13.1 Å². The predicted molar refractivity (Wildman–Crippen MR) is 85.2 cm³/mol. The van der Waals surface area contributed by atoms with E-state index in [0.29, 0.717) is 0 Å². The summed E-state index contributed by atoms with van der Waals surface area (Å²) in [7, 11) is -3.39. The molecular weight excluding hydrogens is 284 g/mol. The normalized spacial score (nSPS) is 13.0. The molecule has 0 fully saturated rings. The Labute approximate surface area is 126 Å². The van der Waals surface area contributed by atoms with Gasteiger partial charge in [0.1, 0.15) is 0 Å². The van der Waals surface area contributed by atoms with Crippen LogP contribution in [0.1, 0.15) is 22.7 Å². The van der Waals surface area contributed by atoms with E-state index < -0.39 is 10.0 Å². The SMILES string of the molecule is Cc1ccccc1CS(=O)(=O)NCC(N)c1ccccc1. The number of nitrogens with two attached hydrogens (primary N) is 1. The summed E-state index contributed by atoms with van der Waals surface area (Å²) in [6.45, 7) is 2.10. The Hall–Kier alpha value is -1.69. The average Bonchev–Trinajstić information content (AvgIpc) is 2.48. The van der Waals surface area contributed by atoms with E-state index in [1.54, 1.807) is 0 Å². The van der Waals surface area contributed by atoms with Gasteiger partial charge < -0.3 is 5.73 Å². The number of rotatable bonds is 6. The van der Waals surface area contributed by atoms with Crippen LogP contribution in [0.4, 0.5) is 0 Å². The van der Waals surface area contributed by atoms with Gasteiger partial charge in [-0.05, 0) is 23.6 Å². The van der Waals surface area contributed by atoms with Gasteiger partial charge in [-0.15, -0.1) is 0 Å². The fourth-order valence-corrected chi connectivity index (χ4v) is 3.33. The van der Waals surface area contributed by atoms with Crippen LogP contribution < -0.4 is 10.5 Å². The van der Waals surface area contributed by atoms with E-state index in [4.69, 9.17) is 5.73 Å². The molecule has 0 heterocycles. The maximum absolute atomic E-state index is 12.1. The maximum atomic E-state index is 12.1. The van der Waals surface area contributed by atoms with Crippen LogP contribution in [0.2, 0.25) is 0 Å². The first kappa shape index (κ1) is 15.7. The van der Waals surface area contributed by atoms with Crippen LogP contribution >= 0.6 is 0 Å². The Morgan fingerprint density at radius 1 is 1.05 bits per heavy atom. The molecule has 112 valence electrons. The number of hydrogen-bond donors (Lipinski definition) is 2. The third kappa shape index (κ3) is 4.67. The summed E-state index contributed by atoms with van der Waals surface area (Å²) >= 11 is 0. The lowest BCUT2D eigenvalue weighted by atomic mass is 10.1. The van der Waals surface area contributed by atoms with Crippen molar-refractivity contribution in [1.82, 2.24) is 4.72 Å². The minimum absolute atomic E-state index is 0.0266. The highest BCUT2D eigenvalue weighted by Crippen LogP contribution is 2.12. The molecule has 2 rings (SSSR count). The van der Waals surface area contributed by atoms with Gasteiger partial charge in [0.2, 0.25) is 10.0 Å². The van der Waals surface area contributed by atoms with Crippen LogP contribution in [-0.4, -0.2) is 15.0 Å². The molecule has 0 amide bonds. The van der Waals surface area contributed by atoms with Gasteiger partial charge in [0, 0.05) is 12.6 Å². The van der Waals surface area contributed by atoms with Gasteiger partial charge >= 0.3 is 0 Å². The average molecular weight is 304 g/mol. The third-order valence-corrected chi connectivity index (χ3v) is 4.66. The van der Waals surface area contributed by atoms with Crippen molar-refractivity contribution in [2.45, 2.75) is 18.7 Å². The number of nitrogens with one attached hydrogen (secondary N) is 1. The number of aryl methyl sites for hydroxylation is 1. The Morgan fingerprint density at radius 2 is 1.67 bits per heavy atom. The van der Waals surface area contributed by atoms with E-state index in [2.05, 4.69) is 4.72 Å². The molecule has 5 heteroatoms. The summed E-state index contributed by atoms with van der Waals surface area (Å²) in [4.78, 5) is 0. The molecule has 0 saturated heterocycles. The molecule has 0 saturated carbocycles. The fourth-order valence-electron chi connectivity index (χ4n) is 2.06. The van der Waals surface area contributed by atoms with Crippen LogP contribution in [0, 0.1) is 6.92 Å². The standard InChI is InChI=1S/C16H20N2O2S/c1-13-7-5-6-10-15(13)12-21(19,20)18-11-16(17)14-8-3-2-4-9-14/h2-10,16,18H,11-12,17H2,1H3. The number of benzene rings is 2. The van der Waals surface area contributed by atoms with Gasteiger partial charge in [0.25, 0.3) is 0 Å². The summed E-state index contributed by atoms with van der Waals surface area (Å²) in [6, 6.07) is 16.6. The van der Waals surface area contributed by atoms with E-state index in [-0.39, 0.29) is 18.3 Å². The summed E-state index contributed by atoms with van der Waals surface area (Å²) in [6.07, 6.45) is 0. The number of hydrogen-bond acceptors (Lipinski definition) is 3. The molecule has 1 unspecified atom stereocenters. The molecule has 1 atom stereocenters. The van der Waals surface area contributed by atoms with Crippen LogP contribution in [0.25, 0.3) is 0 Å². The smallest absolute Gasteiger partial charge is 0.215 e. The lowest BCUT2D eigenvalue weighted by Crippen LogP contribution is -2.32. The Morgan fingerprint density at radius 3 is 2.33 bits per heavy atom. The molecule has 21 heavy (non-hydrogen) atoms. The van der Waals surface area contributed by atoms with Gasteiger partial charge in [0.05, 0.1) is 5.75 Å². The topological polar surface area (TPSA) is 72.2 Å². The molecule has 0 aliphatic carbocycles. The molecule has 0 spiro atoms. The second kappa shape index (κ2) is 6.85. The molecule has 3 N–H and O–H groups in total. The van der Waals surface area contributed by atoms with Gasteiger partial charge in [0.15, 0.2) is 0 Å². The van der Waals surface area contributed by atoms with E-state index in [1.807, 2.05) is 61.5 Å². The zero-order valence-electron chi connectivity index (χ0n) is 12.0. The number of sulfonamides is 1. The molecule has 0 aliphatic heterocycles. The van der Waals surface area contributed by atoms with E-state index in [0.717, 1.165) is 16.7 Å². The van der Waals surface area contributed by atoms with E-state index >= 15 is 0 Å². The van der Waals surface area contributed by atoms with E-state index in [1.165, 1.54) is 0 Å². The Balaban J connectivity index is 1.97. The second-order valence-corrected chi connectivity index (χ2v) is 6.86. The quantitative estimate of drug-likeness (QED) is 0.858. The lowest BCUT2D eigenvalue weighted by Gasteiger charge is -2.14. The second-order valence-electron chi connectivity index (χ2n) is 5.05. The zero-order chi connectivity index (χ0) is 15.3. The lowest BCUT2D eigenvalue weighted by molar-refractivity contribution is 0.571. The predicted octanol–water partition coefficient (Wildman–Crippen LogP) is 2.11. The van der Waals surface area contributed by atoms with Crippen LogP contribution in [0.15, 0.2) is 54.6 Å². The molecule has 4 nitrogen and oxygen atoms in total. The molecule has 2 aromatic rings. The van der Waals surface area contributed by atoms with Crippen molar-refractivity contribution in [2.24, 2.45) is 5.73 Å². The highest BCUT2D eigenvalue weighted by atomic mass is 32.2. The minimum atomic E-state index is -3.39. The van der Waals surface area contributed by atoms with Crippen molar-refractivity contribution in [1.29, 1.82) is 0 Å². The van der Waals surface area contributed by atoms with Crippen molar-refractivity contribution < 1.29 is 8.42 Å². The third-order valence-electron chi connectivity index (χ3n) is 3.36. The molecular formula is C16H20N2O2S. The van der Waals surface area contributed by atoms with Crippen molar-refractivity contribution in [3.8, 4) is 0 Å². The summed E-state index contributed by atoms with van der Waals surface area (Å²) in [5, 5.41) is 0. The Kier molecular flexibility index (Phi) is 5.12. The highest BCUT2D eigenvalue weighted by molar-refractivity contribution is 7.88. The van der Waals surface area contributed by atoms with Crippen LogP contribution in [0.5, 0.6) is 0 Å². The summed E-state index contributed by atoms with van der Waals surface area (Å²) in [5.41, 5.74) is 8.68. The van der Waals surface area contributed by atoms with Crippen LogP contribution in [-0.2, 0) is 15.8 Å². The maximum Gasteiger partial charge on any atom is 0.215 e. The molecule has 0 radical (unpaired) electrons. The highest BCUT2D eigenvalue weighted by Gasteiger charge is 2.15. The largest absolute Gasteiger partial charge is 0.323 e.